The van der Waals surface area contributed by atoms with Gasteiger partial charge in [0.25, 0.3) is 5.91 Å². The van der Waals surface area contributed by atoms with Crippen LogP contribution in [-0.4, -0.2) is 43.8 Å². The Balaban J connectivity index is 1.68. The highest BCUT2D eigenvalue weighted by molar-refractivity contribution is 14.1. The standard InChI is InChI=1S/C17H20IN3O2S2/c1-2-15(22)12-3-5-13(6-4-12)21-16(23)14(18)11-20(21)8-10-25-17-19-7-9-24-17/h3-7,9,14-15,22H,2,8,10-11H2,1H3. The average Bonchev–Trinajstić information content (AvgIpc) is 3.23. The van der Waals surface area contributed by atoms with Crippen LogP contribution in [0.25, 0.3) is 0 Å². The summed E-state index contributed by atoms with van der Waals surface area (Å²) in [6, 6.07) is 7.64. The van der Waals surface area contributed by atoms with Gasteiger partial charge in [-0.15, -0.1) is 11.3 Å². The van der Waals surface area contributed by atoms with Crippen LogP contribution >= 0.6 is 45.7 Å². The second kappa shape index (κ2) is 8.81. The molecule has 2 unspecified atom stereocenters. The summed E-state index contributed by atoms with van der Waals surface area (Å²) in [7, 11) is 0. The van der Waals surface area contributed by atoms with Gasteiger partial charge in [0.1, 0.15) is 8.26 Å². The predicted octanol–water partition coefficient (Wildman–Crippen LogP) is 3.75. The van der Waals surface area contributed by atoms with Gasteiger partial charge in [0.05, 0.1) is 11.8 Å². The van der Waals surface area contributed by atoms with Gasteiger partial charge in [-0.1, -0.05) is 53.4 Å². The maximum absolute atomic E-state index is 12.6. The van der Waals surface area contributed by atoms with E-state index in [0.717, 1.165) is 34.4 Å². The van der Waals surface area contributed by atoms with Crippen LogP contribution in [-0.2, 0) is 4.79 Å². The first-order chi connectivity index (χ1) is 12.1. The molecule has 5 nitrogen and oxygen atoms in total. The number of aromatic nitrogens is 1. The van der Waals surface area contributed by atoms with Crippen molar-refractivity contribution >= 4 is 57.3 Å². The van der Waals surface area contributed by atoms with Crippen LogP contribution in [0.5, 0.6) is 0 Å². The molecule has 0 saturated carbocycles. The van der Waals surface area contributed by atoms with Gasteiger partial charge < -0.3 is 5.11 Å². The van der Waals surface area contributed by atoms with Gasteiger partial charge in [-0.05, 0) is 24.1 Å². The normalized spacial score (nSPS) is 19.6. The van der Waals surface area contributed by atoms with Crippen molar-refractivity contribution in [3.8, 4) is 0 Å². The number of hydrazine groups is 1. The van der Waals surface area contributed by atoms with Crippen molar-refractivity contribution in [1.82, 2.24) is 9.99 Å². The van der Waals surface area contributed by atoms with Gasteiger partial charge in [-0.3, -0.25) is 4.79 Å². The van der Waals surface area contributed by atoms with Crippen molar-refractivity contribution in [3.63, 3.8) is 0 Å². The van der Waals surface area contributed by atoms with Gasteiger partial charge in [-0.25, -0.2) is 15.0 Å². The lowest BCUT2D eigenvalue weighted by Crippen LogP contribution is -2.40. The van der Waals surface area contributed by atoms with Gasteiger partial charge in [0.15, 0.2) is 0 Å². The zero-order valence-corrected chi connectivity index (χ0v) is 17.6. The van der Waals surface area contributed by atoms with E-state index in [1.807, 2.05) is 42.8 Å². The summed E-state index contributed by atoms with van der Waals surface area (Å²) >= 11 is 5.56. The fraction of sp³-hybridized carbons (Fsp3) is 0.412. The Morgan fingerprint density at radius 2 is 2.20 bits per heavy atom. The zero-order chi connectivity index (χ0) is 17.8. The summed E-state index contributed by atoms with van der Waals surface area (Å²) in [5, 5.41) is 15.8. The van der Waals surface area contributed by atoms with E-state index < -0.39 is 6.10 Å². The number of anilines is 1. The van der Waals surface area contributed by atoms with Gasteiger partial charge in [-0.2, -0.15) is 0 Å². The number of hydrogen-bond donors (Lipinski definition) is 1. The minimum absolute atomic E-state index is 0.0385. The third kappa shape index (κ3) is 4.54. The Bertz CT molecular complexity index is 696. The number of amides is 1. The first-order valence-electron chi connectivity index (χ1n) is 8.13. The summed E-state index contributed by atoms with van der Waals surface area (Å²) in [6.07, 6.45) is 2.04. The number of carbonyl (C=O) groups excluding carboxylic acids is 1. The van der Waals surface area contributed by atoms with E-state index in [1.54, 1.807) is 28.1 Å². The Morgan fingerprint density at radius 1 is 1.44 bits per heavy atom. The molecule has 1 fully saturated rings. The molecule has 25 heavy (non-hydrogen) atoms. The molecule has 2 heterocycles. The zero-order valence-electron chi connectivity index (χ0n) is 13.8. The average molecular weight is 489 g/mol. The van der Waals surface area contributed by atoms with Crippen LogP contribution in [0.1, 0.15) is 25.0 Å². The van der Waals surface area contributed by atoms with E-state index >= 15 is 0 Å². The molecule has 1 N–H and O–H groups in total. The van der Waals surface area contributed by atoms with E-state index in [-0.39, 0.29) is 9.83 Å². The fourth-order valence-electron chi connectivity index (χ4n) is 2.69. The molecule has 8 heteroatoms. The van der Waals surface area contributed by atoms with Crippen LogP contribution in [0.3, 0.4) is 0 Å². The van der Waals surface area contributed by atoms with Crippen LogP contribution in [0.15, 0.2) is 40.2 Å². The number of thioether (sulfide) groups is 1. The van der Waals surface area contributed by atoms with Crippen molar-refractivity contribution < 1.29 is 9.90 Å². The molecule has 1 aliphatic rings. The highest BCUT2D eigenvalue weighted by atomic mass is 127. The molecule has 3 rings (SSSR count). The second-order valence-electron chi connectivity index (χ2n) is 5.69. The van der Waals surface area contributed by atoms with Crippen LogP contribution < -0.4 is 5.01 Å². The van der Waals surface area contributed by atoms with E-state index in [9.17, 15) is 9.90 Å². The molecule has 2 aromatic rings. The number of benzene rings is 1. The number of hydrogen-bond acceptors (Lipinski definition) is 6. The van der Waals surface area contributed by atoms with Crippen LogP contribution in [0.2, 0.25) is 0 Å². The van der Waals surface area contributed by atoms with Crippen LogP contribution in [0, 0.1) is 0 Å². The quantitative estimate of drug-likeness (QED) is 0.365. The third-order valence-corrected chi connectivity index (χ3v) is 6.90. The lowest BCUT2D eigenvalue weighted by Gasteiger charge is -2.27. The summed E-state index contributed by atoms with van der Waals surface area (Å²) in [4.78, 5) is 16.9. The number of aliphatic hydroxyl groups excluding tert-OH is 1. The topological polar surface area (TPSA) is 56.7 Å². The maximum atomic E-state index is 12.6. The van der Waals surface area contributed by atoms with Crippen molar-refractivity contribution in [1.29, 1.82) is 0 Å². The Morgan fingerprint density at radius 3 is 2.84 bits per heavy atom. The maximum Gasteiger partial charge on any atom is 0.255 e. The molecule has 0 radical (unpaired) electrons. The molecule has 134 valence electrons. The number of carbonyl (C=O) groups is 1. The number of aliphatic hydroxyl groups is 1. The van der Waals surface area contributed by atoms with E-state index in [2.05, 4.69) is 32.6 Å². The molecular formula is C17H20IN3O2S2. The lowest BCUT2D eigenvalue weighted by molar-refractivity contribution is -0.117. The van der Waals surface area contributed by atoms with Gasteiger partial charge in [0.2, 0.25) is 0 Å². The monoisotopic (exact) mass is 489 g/mol. The number of thiazole rings is 1. The highest BCUT2D eigenvalue weighted by Gasteiger charge is 2.37. The first-order valence-corrected chi connectivity index (χ1v) is 11.2. The Hall–Kier alpha value is -0.680. The fourth-order valence-corrected chi connectivity index (χ4v) is 5.07. The molecule has 1 saturated heterocycles. The summed E-state index contributed by atoms with van der Waals surface area (Å²) in [6.45, 7) is 3.46. The summed E-state index contributed by atoms with van der Waals surface area (Å²) in [5.41, 5.74) is 1.74. The molecule has 1 aromatic carbocycles. The number of rotatable bonds is 7. The van der Waals surface area contributed by atoms with E-state index in [4.69, 9.17) is 0 Å². The Kier molecular flexibility index (Phi) is 6.73. The smallest absolute Gasteiger partial charge is 0.255 e. The predicted molar refractivity (Wildman–Crippen MR) is 111 cm³/mol. The summed E-state index contributed by atoms with van der Waals surface area (Å²) < 4.78 is 1.02. The second-order valence-corrected chi connectivity index (χ2v) is 9.43. The van der Waals surface area contributed by atoms with E-state index in [0.29, 0.717) is 6.42 Å². The van der Waals surface area contributed by atoms with Crippen molar-refractivity contribution in [2.75, 3.05) is 23.9 Å². The lowest BCUT2D eigenvalue weighted by atomic mass is 10.1. The van der Waals surface area contributed by atoms with Crippen molar-refractivity contribution in [3.05, 3.63) is 41.4 Å². The molecule has 0 spiro atoms. The molecular weight excluding hydrogens is 469 g/mol. The molecule has 1 aliphatic heterocycles. The first kappa shape index (κ1) is 19.1. The SMILES string of the molecule is CCC(O)c1ccc(N2C(=O)C(I)CN2CCSc2nccs2)cc1. The minimum Gasteiger partial charge on any atom is -0.388 e. The molecule has 1 amide bonds. The van der Waals surface area contributed by atoms with Crippen LogP contribution in [0.4, 0.5) is 5.69 Å². The third-order valence-electron chi connectivity index (χ3n) is 4.02. The Labute approximate surface area is 169 Å². The number of halogens is 1. The van der Waals surface area contributed by atoms with Crippen molar-refractivity contribution in [2.24, 2.45) is 0 Å². The number of nitrogens with zero attached hydrogens (tertiary/aromatic N) is 3. The minimum atomic E-state index is -0.452. The van der Waals surface area contributed by atoms with Gasteiger partial charge >= 0.3 is 0 Å². The van der Waals surface area contributed by atoms with E-state index in [1.165, 1.54) is 0 Å². The highest BCUT2D eigenvalue weighted by Crippen LogP contribution is 2.29. The molecule has 2 atom stereocenters. The largest absolute Gasteiger partial charge is 0.388 e. The molecule has 0 bridgehead atoms. The van der Waals surface area contributed by atoms with Crippen molar-refractivity contribution in [2.45, 2.75) is 27.7 Å². The van der Waals surface area contributed by atoms with Gasteiger partial charge in [0, 0.05) is 30.4 Å². The number of alkyl halides is 1. The summed E-state index contributed by atoms with van der Waals surface area (Å²) in [5.74, 6) is 0.997. The molecule has 1 aromatic heterocycles. The molecule has 0 aliphatic carbocycles.